The number of aliphatic carboxylic acids is 1. The van der Waals surface area contributed by atoms with E-state index in [2.05, 4.69) is 20.6 Å². The zero-order valence-corrected chi connectivity index (χ0v) is 9.53. The van der Waals surface area contributed by atoms with Gasteiger partial charge in [-0.3, -0.25) is 9.48 Å². The maximum absolute atomic E-state index is 10.7. The molecule has 2 aromatic heterocycles. The number of carbonyl (C=O) groups is 1. The van der Waals surface area contributed by atoms with Crippen molar-refractivity contribution in [2.24, 2.45) is 0 Å². The molecule has 0 aliphatic rings. The summed E-state index contributed by atoms with van der Waals surface area (Å²) in [6.45, 7) is 4.21. The van der Waals surface area contributed by atoms with Gasteiger partial charge in [0.2, 0.25) is 5.82 Å². The van der Waals surface area contributed by atoms with Crippen molar-refractivity contribution in [1.82, 2.24) is 30.0 Å². The second kappa shape index (κ2) is 4.32. The highest BCUT2D eigenvalue weighted by atomic mass is 16.4. The summed E-state index contributed by atoms with van der Waals surface area (Å²) < 4.78 is 2.98. The average molecular weight is 236 g/mol. The Morgan fingerprint density at radius 2 is 2.24 bits per heavy atom. The van der Waals surface area contributed by atoms with Gasteiger partial charge in [-0.2, -0.15) is 5.10 Å². The molecule has 0 unspecified atom stereocenters. The number of tetrazole rings is 1. The molecule has 0 amide bonds. The van der Waals surface area contributed by atoms with E-state index in [0.717, 1.165) is 11.4 Å². The van der Waals surface area contributed by atoms with Crippen LogP contribution in [0.4, 0.5) is 0 Å². The summed E-state index contributed by atoms with van der Waals surface area (Å²) in [4.78, 5) is 10.7. The zero-order chi connectivity index (χ0) is 12.4. The summed E-state index contributed by atoms with van der Waals surface area (Å²) in [5.41, 5.74) is 1.56. The van der Waals surface area contributed by atoms with Crippen LogP contribution in [0.1, 0.15) is 12.6 Å². The average Bonchev–Trinajstić information content (AvgIpc) is 2.83. The fourth-order valence-electron chi connectivity index (χ4n) is 1.59. The Balaban J connectivity index is 2.45. The number of nitrogens with zero attached hydrogens (tertiary/aromatic N) is 6. The number of aryl methyl sites for hydroxylation is 2. The van der Waals surface area contributed by atoms with Crippen molar-refractivity contribution in [3.05, 3.63) is 11.8 Å². The molecule has 0 aliphatic carbocycles. The van der Waals surface area contributed by atoms with E-state index in [1.807, 2.05) is 19.9 Å². The van der Waals surface area contributed by atoms with E-state index >= 15 is 0 Å². The van der Waals surface area contributed by atoms with Crippen molar-refractivity contribution in [2.75, 3.05) is 0 Å². The molecule has 0 bridgehead atoms. The number of hydrogen-bond acceptors (Lipinski definition) is 5. The molecule has 0 aromatic carbocycles. The first kappa shape index (κ1) is 11.2. The Hall–Kier alpha value is -2.25. The van der Waals surface area contributed by atoms with Gasteiger partial charge in [0.15, 0.2) is 0 Å². The van der Waals surface area contributed by atoms with Crippen LogP contribution in [-0.4, -0.2) is 41.1 Å². The predicted molar refractivity (Wildman–Crippen MR) is 57.1 cm³/mol. The van der Waals surface area contributed by atoms with Gasteiger partial charge in [0.25, 0.3) is 0 Å². The molecule has 0 fully saturated rings. The van der Waals surface area contributed by atoms with Crippen molar-refractivity contribution in [1.29, 1.82) is 0 Å². The molecular weight excluding hydrogens is 224 g/mol. The third kappa shape index (κ3) is 2.14. The van der Waals surface area contributed by atoms with Crippen LogP contribution in [0.5, 0.6) is 0 Å². The van der Waals surface area contributed by atoms with Crippen LogP contribution in [0.15, 0.2) is 6.07 Å². The van der Waals surface area contributed by atoms with Gasteiger partial charge in [-0.05, 0) is 30.3 Å². The molecule has 2 heterocycles. The molecule has 0 aliphatic heterocycles. The number of rotatable bonds is 4. The second-order valence-electron chi connectivity index (χ2n) is 3.54. The lowest BCUT2D eigenvalue weighted by Gasteiger charge is -2.03. The molecule has 0 saturated heterocycles. The highest BCUT2D eigenvalue weighted by Crippen LogP contribution is 2.17. The Morgan fingerprint density at radius 1 is 1.47 bits per heavy atom. The molecule has 8 heteroatoms. The van der Waals surface area contributed by atoms with Gasteiger partial charge in [0, 0.05) is 6.54 Å². The summed E-state index contributed by atoms with van der Waals surface area (Å²) in [7, 11) is 0. The van der Waals surface area contributed by atoms with Gasteiger partial charge in [-0.1, -0.05) is 0 Å². The van der Waals surface area contributed by atoms with Gasteiger partial charge in [0.05, 0.1) is 5.69 Å². The SMILES string of the molecule is CCn1nc(C)cc1-c1nnnn1CC(=O)O. The second-order valence-corrected chi connectivity index (χ2v) is 3.54. The van der Waals surface area contributed by atoms with Crippen molar-refractivity contribution in [2.45, 2.75) is 26.9 Å². The lowest BCUT2D eigenvalue weighted by Crippen LogP contribution is -2.13. The molecule has 2 aromatic rings. The van der Waals surface area contributed by atoms with Crippen molar-refractivity contribution in [3.8, 4) is 11.5 Å². The molecule has 8 nitrogen and oxygen atoms in total. The Kier molecular flexibility index (Phi) is 2.86. The summed E-state index contributed by atoms with van der Waals surface area (Å²) in [5, 5.41) is 24.0. The van der Waals surface area contributed by atoms with Crippen LogP contribution in [0.3, 0.4) is 0 Å². The molecule has 90 valence electrons. The van der Waals surface area contributed by atoms with Gasteiger partial charge >= 0.3 is 5.97 Å². The molecule has 2 rings (SSSR count). The molecular formula is C9H12N6O2. The third-order valence-electron chi connectivity index (χ3n) is 2.25. The number of carboxylic acid groups (broad SMARTS) is 1. The topological polar surface area (TPSA) is 98.7 Å². The Labute approximate surface area is 96.9 Å². The predicted octanol–water partition coefficient (Wildman–Crippen LogP) is -0.0505. The van der Waals surface area contributed by atoms with Crippen LogP contribution >= 0.6 is 0 Å². The first-order chi connectivity index (χ1) is 8.11. The fourth-order valence-corrected chi connectivity index (χ4v) is 1.59. The highest BCUT2D eigenvalue weighted by Gasteiger charge is 2.16. The third-order valence-corrected chi connectivity index (χ3v) is 2.25. The van der Waals surface area contributed by atoms with Crippen LogP contribution in [0.2, 0.25) is 0 Å². The largest absolute Gasteiger partial charge is 0.480 e. The summed E-state index contributed by atoms with van der Waals surface area (Å²) in [5.74, 6) is -0.576. The fraction of sp³-hybridized carbons (Fsp3) is 0.444. The van der Waals surface area contributed by atoms with E-state index in [-0.39, 0.29) is 6.54 Å². The molecule has 1 N–H and O–H groups in total. The van der Waals surface area contributed by atoms with Crippen LogP contribution in [0, 0.1) is 6.92 Å². The van der Waals surface area contributed by atoms with Crippen LogP contribution in [-0.2, 0) is 17.9 Å². The van der Waals surface area contributed by atoms with Crippen LogP contribution < -0.4 is 0 Å². The minimum Gasteiger partial charge on any atom is -0.480 e. The van der Waals surface area contributed by atoms with E-state index in [1.165, 1.54) is 4.68 Å². The number of hydrogen-bond donors (Lipinski definition) is 1. The summed E-state index contributed by atoms with van der Waals surface area (Å²) in [6.07, 6.45) is 0. The van der Waals surface area contributed by atoms with Crippen molar-refractivity contribution in [3.63, 3.8) is 0 Å². The maximum Gasteiger partial charge on any atom is 0.325 e. The maximum atomic E-state index is 10.7. The Bertz CT molecular complexity index is 543. The summed E-state index contributed by atoms with van der Waals surface area (Å²) in [6, 6.07) is 1.83. The minimum atomic E-state index is -0.988. The minimum absolute atomic E-state index is 0.268. The van der Waals surface area contributed by atoms with Gasteiger partial charge in [0.1, 0.15) is 12.2 Å². The standard InChI is InChI=1S/C9H12N6O2/c1-3-14-7(4-6(2)11-14)9-10-12-13-15(9)5-8(16)17/h4H,3,5H2,1-2H3,(H,16,17). The smallest absolute Gasteiger partial charge is 0.325 e. The molecule has 0 radical (unpaired) electrons. The first-order valence-corrected chi connectivity index (χ1v) is 5.14. The Morgan fingerprint density at radius 3 is 2.88 bits per heavy atom. The van der Waals surface area contributed by atoms with Crippen molar-refractivity contribution >= 4 is 5.97 Å². The zero-order valence-electron chi connectivity index (χ0n) is 9.53. The molecule has 0 atom stereocenters. The lowest BCUT2D eigenvalue weighted by atomic mass is 10.3. The molecule has 0 spiro atoms. The van der Waals surface area contributed by atoms with Gasteiger partial charge < -0.3 is 5.11 Å². The quantitative estimate of drug-likeness (QED) is 0.799. The van der Waals surface area contributed by atoms with E-state index in [1.54, 1.807) is 4.68 Å². The van der Waals surface area contributed by atoms with E-state index in [0.29, 0.717) is 12.4 Å². The number of aromatic nitrogens is 6. The molecule has 0 saturated carbocycles. The van der Waals surface area contributed by atoms with Gasteiger partial charge in [-0.25, -0.2) is 4.68 Å². The highest BCUT2D eigenvalue weighted by molar-refractivity contribution is 5.67. The first-order valence-electron chi connectivity index (χ1n) is 5.14. The molecule has 17 heavy (non-hydrogen) atoms. The van der Waals surface area contributed by atoms with E-state index < -0.39 is 5.97 Å². The van der Waals surface area contributed by atoms with Crippen LogP contribution in [0.25, 0.3) is 11.5 Å². The van der Waals surface area contributed by atoms with Gasteiger partial charge in [-0.15, -0.1) is 5.10 Å². The van der Waals surface area contributed by atoms with E-state index in [4.69, 9.17) is 5.11 Å². The van der Waals surface area contributed by atoms with Crippen molar-refractivity contribution < 1.29 is 9.90 Å². The van der Waals surface area contributed by atoms with E-state index in [9.17, 15) is 4.79 Å². The normalized spacial score (nSPS) is 10.7. The number of carboxylic acids is 1. The summed E-state index contributed by atoms with van der Waals surface area (Å²) >= 11 is 0. The monoisotopic (exact) mass is 236 g/mol. The lowest BCUT2D eigenvalue weighted by molar-refractivity contribution is -0.137.